The minimum Gasteiger partial charge on any atom is -0.465 e. The lowest BCUT2D eigenvalue weighted by Gasteiger charge is -2.38. The normalized spacial score (nSPS) is 25.6. The van der Waals surface area contributed by atoms with Gasteiger partial charge in [-0.2, -0.15) is 0 Å². The topological polar surface area (TPSA) is 70.0 Å². The van der Waals surface area contributed by atoms with Crippen LogP contribution in [0.25, 0.3) is 0 Å². The fourth-order valence-corrected chi connectivity index (χ4v) is 3.32. The lowest BCUT2D eigenvalue weighted by molar-refractivity contribution is 0.116. The summed E-state index contributed by atoms with van der Waals surface area (Å²) in [7, 11) is -1.88. The Balaban J connectivity index is 2.69. The van der Waals surface area contributed by atoms with Gasteiger partial charge in [0, 0.05) is 6.54 Å². The molecule has 0 aromatic heterocycles. The Hall–Kier alpha value is -0.593. The Morgan fingerprint density at radius 1 is 1.44 bits per heavy atom. The van der Waals surface area contributed by atoms with Gasteiger partial charge in [-0.15, -0.1) is 0 Å². The van der Waals surface area contributed by atoms with E-state index in [1.54, 1.807) is 0 Å². The van der Waals surface area contributed by atoms with Gasteiger partial charge in [-0.3, -0.25) is 0 Å². The molecular formula is C12H25NO4Si. The zero-order valence-electron chi connectivity index (χ0n) is 11.9. The molecule has 0 spiro atoms. The van der Waals surface area contributed by atoms with Gasteiger partial charge in [-0.1, -0.05) is 20.8 Å². The first-order valence-corrected chi connectivity index (χ1v) is 9.27. The van der Waals surface area contributed by atoms with E-state index >= 15 is 0 Å². The molecule has 0 aliphatic carbocycles. The molecule has 1 aliphatic heterocycles. The minimum atomic E-state index is -1.88. The zero-order valence-corrected chi connectivity index (χ0v) is 12.9. The molecular weight excluding hydrogens is 250 g/mol. The quantitative estimate of drug-likeness (QED) is 0.774. The van der Waals surface area contributed by atoms with Crippen LogP contribution in [-0.4, -0.2) is 54.8 Å². The summed E-state index contributed by atoms with van der Waals surface area (Å²) in [5.41, 5.74) is 0. The van der Waals surface area contributed by atoms with Crippen molar-refractivity contribution in [3.63, 3.8) is 0 Å². The number of amides is 1. The lowest BCUT2D eigenvalue weighted by atomic mass is 10.2. The third-order valence-electron chi connectivity index (χ3n) is 4.10. The van der Waals surface area contributed by atoms with Crippen molar-refractivity contribution in [2.24, 2.45) is 0 Å². The highest BCUT2D eigenvalue weighted by molar-refractivity contribution is 6.74. The molecule has 0 bridgehead atoms. The number of aliphatic hydroxyl groups is 1. The van der Waals surface area contributed by atoms with Gasteiger partial charge in [-0.05, 0) is 24.6 Å². The summed E-state index contributed by atoms with van der Waals surface area (Å²) in [5.74, 6) is 0. The first kappa shape index (κ1) is 15.5. The third-order valence-corrected chi connectivity index (χ3v) is 8.63. The maximum atomic E-state index is 11.0. The molecule has 0 radical (unpaired) electrons. The maximum Gasteiger partial charge on any atom is 0.407 e. The van der Waals surface area contributed by atoms with Crippen LogP contribution in [0.1, 0.15) is 27.2 Å². The van der Waals surface area contributed by atoms with Crippen LogP contribution >= 0.6 is 0 Å². The number of nitrogens with zero attached hydrogens (tertiary/aromatic N) is 1. The second-order valence-corrected chi connectivity index (χ2v) is 11.3. The van der Waals surface area contributed by atoms with E-state index in [2.05, 4.69) is 33.9 Å². The molecule has 1 unspecified atom stereocenters. The predicted molar refractivity (Wildman–Crippen MR) is 72.3 cm³/mol. The van der Waals surface area contributed by atoms with Gasteiger partial charge in [0.05, 0.1) is 18.8 Å². The van der Waals surface area contributed by atoms with E-state index in [-0.39, 0.29) is 23.8 Å². The van der Waals surface area contributed by atoms with Crippen LogP contribution in [0.2, 0.25) is 18.1 Å². The first-order valence-electron chi connectivity index (χ1n) is 6.36. The highest BCUT2D eigenvalue weighted by Crippen LogP contribution is 2.38. The molecule has 1 saturated heterocycles. The van der Waals surface area contributed by atoms with Crippen molar-refractivity contribution in [2.45, 2.75) is 57.5 Å². The summed E-state index contributed by atoms with van der Waals surface area (Å²) in [6, 6.07) is -0.322. The third kappa shape index (κ3) is 3.24. The molecule has 1 amide bonds. The van der Waals surface area contributed by atoms with Crippen molar-refractivity contribution < 1.29 is 19.4 Å². The van der Waals surface area contributed by atoms with E-state index in [0.29, 0.717) is 13.0 Å². The molecule has 18 heavy (non-hydrogen) atoms. The number of carboxylic acid groups (broad SMARTS) is 1. The minimum absolute atomic E-state index is 0.0841. The molecule has 0 saturated carbocycles. The van der Waals surface area contributed by atoms with E-state index in [1.807, 2.05) is 0 Å². The number of hydrogen-bond donors (Lipinski definition) is 2. The first-order chi connectivity index (χ1) is 8.08. The molecule has 1 aliphatic rings. The van der Waals surface area contributed by atoms with Gasteiger partial charge in [0.15, 0.2) is 8.32 Å². The summed E-state index contributed by atoms with van der Waals surface area (Å²) in [6.07, 6.45) is -0.468. The van der Waals surface area contributed by atoms with Crippen molar-refractivity contribution in [3.8, 4) is 0 Å². The van der Waals surface area contributed by atoms with Crippen molar-refractivity contribution in [1.29, 1.82) is 0 Å². The zero-order chi connectivity index (χ0) is 14.1. The Bertz CT molecular complexity index is 314. The molecule has 6 heteroatoms. The summed E-state index contributed by atoms with van der Waals surface area (Å²) < 4.78 is 6.20. The SMILES string of the molecule is CC(C)(C)[Si](C)(C)OC1C[C@H](CO)N(C(=O)O)C1. The fraction of sp³-hybridized carbons (Fsp3) is 0.917. The van der Waals surface area contributed by atoms with Crippen molar-refractivity contribution >= 4 is 14.4 Å². The number of carbonyl (C=O) groups is 1. The summed E-state index contributed by atoms with van der Waals surface area (Å²) >= 11 is 0. The number of likely N-dealkylation sites (tertiary alicyclic amines) is 1. The van der Waals surface area contributed by atoms with Crippen LogP contribution in [0.15, 0.2) is 0 Å². The lowest BCUT2D eigenvalue weighted by Crippen LogP contribution is -2.44. The number of aliphatic hydroxyl groups excluding tert-OH is 1. The standard InChI is InChI=1S/C12H25NO4Si/c1-12(2,3)18(4,5)17-10-6-9(8-14)13(7-10)11(15)16/h9-10,14H,6-8H2,1-5H3,(H,15,16)/t9-,10?/m1/s1. The molecule has 1 rings (SSSR count). The second kappa shape index (κ2) is 5.18. The molecule has 0 aromatic rings. The summed E-state index contributed by atoms with van der Waals surface area (Å²) in [5, 5.41) is 18.4. The van der Waals surface area contributed by atoms with E-state index in [0.717, 1.165) is 0 Å². The summed E-state index contributed by atoms with van der Waals surface area (Å²) in [4.78, 5) is 12.3. The molecule has 1 heterocycles. The number of hydrogen-bond acceptors (Lipinski definition) is 3. The molecule has 106 valence electrons. The van der Waals surface area contributed by atoms with Gasteiger partial charge in [0.1, 0.15) is 0 Å². The Morgan fingerprint density at radius 2 is 2.00 bits per heavy atom. The van der Waals surface area contributed by atoms with Crippen LogP contribution in [0, 0.1) is 0 Å². The smallest absolute Gasteiger partial charge is 0.407 e. The monoisotopic (exact) mass is 275 g/mol. The second-order valence-electron chi connectivity index (χ2n) is 6.51. The van der Waals surface area contributed by atoms with Crippen LogP contribution < -0.4 is 0 Å². The Kier molecular flexibility index (Phi) is 4.45. The Morgan fingerprint density at radius 3 is 2.33 bits per heavy atom. The highest BCUT2D eigenvalue weighted by Gasteiger charge is 2.43. The van der Waals surface area contributed by atoms with Crippen molar-refractivity contribution in [3.05, 3.63) is 0 Å². The average molecular weight is 275 g/mol. The van der Waals surface area contributed by atoms with Gasteiger partial charge in [0.2, 0.25) is 0 Å². The predicted octanol–water partition coefficient (Wildman–Crippen LogP) is 2.12. The van der Waals surface area contributed by atoms with Crippen LogP contribution in [-0.2, 0) is 4.43 Å². The molecule has 2 N–H and O–H groups in total. The fourth-order valence-electron chi connectivity index (χ4n) is 1.96. The highest BCUT2D eigenvalue weighted by atomic mass is 28.4. The molecule has 0 aromatic carbocycles. The largest absolute Gasteiger partial charge is 0.465 e. The van der Waals surface area contributed by atoms with E-state index < -0.39 is 14.4 Å². The maximum absolute atomic E-state index is 11.0. The van der Waals surface area contributed by atoms with Crippen LogP contribution in [0.5, 0.6) is 0 Å². The Labute approximate surface area is 110 Å². The average Bonchev–Trinajstić information content (AvgIpc) is 2.58. The van der Waals surface area contributed by atoms with E-state index in [4.69, 9.17) is 9.53 Å². The van der Waals surface area contributed by atoms with Crippen LogP contribution in [0.4, 0.5) is 4.79 Å². The van der Waals surface area contributed by atoms with Crippen molar-refractivity contribution in [2.75, 3.05) is 13.2 Å². The van der Waals surface area contributed by atoms with E-state index in [9.17, 15) is 9.90 Å². The van der Waals surface area contributed by atoms with Gasteiger partial charge < -0.3 is 19.5 Å². The van der Waals surface area contributed by atoms with Gasteiger partial charge >= 0.3 is 6.09 Å². The number of rotatable bonds is 3. The van der Waals surface area contributed by atoms with Gasteiger partial charge in [-0.25, -0.2) is 4.79 Å². The summed E-state index contributed by atoms with van der Waals surface area (Å²) in [6.45, 7) is 11.0. The molecule has 2 atom stereocenters. The van der Waals surface area contributed by atoms with Crippen LogP contribution in [0.3, 0.4) is 0 Å². The van der Waals surface area contributed by atoms with Gasteiger partial charge in [0.25, 0.3) is 0 Å². The molecule has 1 fully saturated rings. The van der Waals surface area contributed by atoms with E-state index in [1.165, 1.54) is 4.90 Å². The van der Waals surface area contributed by atoms with Crippen molar-refractivity contribution in [1.82, 2.24) is 4.90 Å². The molecule has 5 nitrogen and oxygen atoms in total.